The van der Waals surface area contributed by atoms with E-state index in [1.165, 1.54) is 17.3 Å². The number of nitrogens with zero attached hydrogens (tertiary/aromatic N) is 6. The summed E-state index contributed by atoms with van der Waals surface area (Å²) >= 11 is 4.92. The van der Waals surface area contributed by atoms with Gasteiger partial charge in [0.15, 0.2) is 10.9 Å². The van der Waals surface area contributed by atoms with E-state index in [-0.39, 0.29) is 5.91 Å². The van der Waals surface area contributed by atoms with E-state index in [4.69, 9.17) is 0 Å². The Labute approximate surface area is 198 Å². The number of fused-ring (bicyclic) bond motifs is 1. The van der Waals surface area contributed by atoms with E-state index in [2.05, 4.69) is 42.3 Å². The second-order valence-electron chi connectivity index (χ2n) is 7.28. The molecule has 0 saturated heterocycles. The molecule has 0 bridgehead atoms. The highest BCUT2D eigenvalue weighted by Gasteiger charge is 2.29. The van der Waals surface area contributed by atoms with Gasteiger partial charge in [0.1, 0.15) is 0 Å². The molecule has 1 aliphatic rings. The van der Waals surface area contributed by atoms with Crippen LogP contribution in [-0.2, 0) is 12.2 Å². The Balaban J connectivity index is 1.53. The number of hydrogen-bond acceptors (Lipinski definition) is 6. The minimum Gasteiger partial charge on any atom is -0.307 e. The van der Waals surface area contributed by atoms with Crippen LogP contribution in [0.4, 0.5) is 5.69 Å². The van der Waals surface area contributed by atoms with Gasteiger partial charge in [-0.1, -0.05) is 51.1 Å². The third-order valence-corrected chi connectivity index (χ3v) is 6.69. The molecule has 7 nitrogen and oxygen atoms in total. The molecule has 32 heavy (non-hydrogen) atoms. The fraction of sp³-hybridized carbons (Fsp3) is 0.174. The van der Waals surface area contributed by atoms with Gasteiger partial charge in [0.05, 0.1) is 11.4 Å². The molecule has 2 aromatic heterocycles. The van der Waals surface area contributed by atoms with Gasteiger partial charge in [0.2, 0.25) is 0 Å². The van der Waals surface area contributed by atoms with E-state index >= 15 is 0 Å². The van der Waals surface area contributed by atoms with E-state index in [0.29, 0.717) is 23.1 Å². The number of amides is 1. The van der Waals surface area contributed by atoms with Crippen molar-refractivity contribution in [2.75, 3.05) is 11.4 Å². The largest absolute Gasteiger partial charge is 0.307 e. The number of halogens is 1. The van der Waals surface area contributed by atoms with Crippen LogP contribution < -0.4 is 4.90 Å². The minimum absolute atomic E-state index is 0.134. The summed E-state index contributed by atoms with van der Waals surface area (Å²) in [6.07, 6.45) is 5.30. The lowest BCUT2D eigenvalue weighted by Crippen LogP contribution is -2.36. The van der Waals surface area contributed by atoms with Gasteiger partial charge in [0, 0.05) is 34.9 Å². The van der Waals surface area contributed by atoms with Gasteiger partial charge in [-0.05, 0) is 54.8 Å². The average Bonchev–Trinajstić information content (AvgIpc) is 3.27. The van der Waals surface area contributed by atoms with Gasteiger partial charge in [0.25, 0.3) is 5.91 Å². The molecule has 1 amide bonds. The number of aromatic nitrogens is 5. The van der Waals surface area contributed by atoms with Crippen molar-refractivity contribution in [3.63, 3.8) is 0 Å². The predicted octanol–water partition coefficient (Wildman–Crippen LogP) is 4.71. The van der Waals surface area contributed by atoms with Gasteiger partial charge >= 0.3 is 0 Å². The molecular weight excluding hydrogens is 488 g/mol. The van der Waals surface area contributed by atoms with Gasteiger partial charge in [-0.2, -0.15) is 0 Å². The molecule has 3 heterocycles. The number of anilines is 1. The summed E-state index contributed by atoms with van der Waals surface area (Å²) in [6.45, 7) is 0.662. The van der Waals surface area contributed by atoms with Crippen LogP contribution in [0.3, 0.4) is 0 Å². The monoisotopic (exact) mass is 506 g/mol. The summed E-state index contributed by atoms with van der Waals surface area (Å²) in [5.41, 5.74) is 4.04. The van der Waals surface area contributed by atoms with E-state index < -0.39 is 0 Å². The third kappa shape index (κ3) is 4.18. The van der Waals surface area contributed by atoms with Crippen molar-refractivity contribution in [3.8, 4) is 5.69 Å². The highest BCUT2D eigenvalue weighted by Crippen LogP contribution is 2.30. The molecule has 4 aromatic rings. The number of para-hydroxylation sites is 1. The SMILES string of the molecule is O=C(c1nnn(-c2ccc(Br)cc2)c1CSc1ncccn1)N1CCCc2ccccc21. The van der Waals surface area contributed by atoms with Crippen molar-refractivity contribution < 1.29 is 4.79 Å². The van der Waals surface area contributed by atoms with Crippen molar-refractivity contribution in [3.05, 3.63) is 88.4 Å². The maximum Gasteiger partial charge on any atom is 0.280 e. The summed E-state index contributed by atoms with van der Waals surface area (Å²) in [5.74, 6) is 0.328. The topological polar surface area (TPSA) is 76.8 Å². The number of benzene rings is 2. The lowest BCUT2D eigenvalue weighted by atomic mass is 10.0. The maximum absolute atomic E-state index is 13.7. The molecule has 0 spiro atoms. The fourth-order valence-corrected chi connectivity index (χ4v) is 4.81. The maximum atomic E-state index is 13.7. The number of hydrogen-bond donors (Lipinski definition) is 0. The van der Waals surface area contributed by atoms with Crippen LogP contribution >= 0.6 is 27.7 Å². The van der Waals surface area contributed by atoms with Crippen LogP contribution in [-0.4, -0.2) is 37.4 Å². The molecule has 5 rings (SSSR count). The zero-order chi connectivity index (χ0) is 21.9. The average molecular weight is 507 g/mol. The van der Waals surface area contributed by atoms with Crippen LogP contribution in [0.1, 0.15) is 28.2 Å². The second kappa shape index (κ2) is 9.22. The molecule has 1 aliphatic heterocycles. The highest BCUT2D eigenvalue weighted by molar-refractivity contribution is 9.10. The number of carbonyl (C=O) groups excluding carboxylic acids is 1. The molecule has 2 aromatic carbocycles. The summed E-state index contributed by atoms with van der Waals surface area (Å²) in [7, 11) is 0. The fourth-order valence-electron chi connectivity index (χ4n) is 3.75. The Morgan fingerprint density at radius 1 is 1.03 bits per heavy atom. The predicted molar refractivity (Wildman–Crippen MR) is 127 cm³/mol. The zero-order valence-electron chi connectivity index (χ0n) is 17.1. The lowest BCUT2D eigenvalue weighted by molar-refractivity contribution is 0.0979. The van der Waals surface area contributed by atoms with Crippen molar-refractivity contribution in [2.24, 2.45) is 0 Å². The normalized spacial score (nSPS) is 13.1. The Bertz CT molecular complexity index is 1250. The highest BCUT2D eigenvalue weighted by atomic mass is 79.9. The van der Waals surface area contributed by atoms with Crippen molar-refractivity contribution in [2.45, 2.75) is 23.8 Å². The first kappa shape index (κ1) is 20.8. The van der Waals surface area contributed by atoms with Crippen LogP contribution in [0.25, 0.3) is 5.69 Å². The summed E-state index contributed by atoms with van der Waals surface area (Å²) in [5, 5.41) is 9.32. The first-order valence-corrected chi connectivity index (χ1v) is 12.0. The quantitative estimate of drug-likeness (QED) is 0.288. The minimum atomic E-state index is -0.134. The van der Waals surface area contributed by atoms with Crippen LogP contribution in [0, 0.1) is 0 Å². The van der Waals surface area contributed by atoms with E-state index in [1.54, 1.807) is 23.1 Å². The number of thioether (sulfide) groups is 1. The van der Waals surface area contributed by atoms with Crippen LogP contribution in [0.5, 0.6) is 0 Å². The number of aryl methyl sites for hydroxylation is 1. The van der Waals surface area contributed by atoms with E-state index in [9.17, 15) is 4.79 Å². The Morgan fingerprint density at radius 2 is 1.81 bits per heavy atom. The smallest absolute Gasteiger partial charge is 0.280 e. The number of carbonyl (C=O) groups is 1. The van der Waals surface area contributed by atoms with Gasteiger partial charge in [-0.15, -0.1) is 5.10 Å². The first-order valence-electron chi connectivity index (χ1n) is 10.2. The van der Waals surface area contributed by atoms with Gasteiger partial charge in [-0.3, -0.25) is 4.79 Å². The Hall–Kier alpha value is -3.04. The summed E-state index contributed by atoms with van der Waals surface area (Å²) in [4.78, 5) is 24.0. The molecule has 0 aliphatic carbocycles. The second-order valence-corrected chi connectivity index (χ2v) is 9.14. The van der Waals surface area contributed by atoms with Crippen molar-refractivity contribution >= 4 is 39.3 Å². The van der Waals surface area contributed by atoms with E-state index in [1.807, 2.05) is 47.4 Å². The molecule has 0 radical (unpaired) electrons. The number of rotatable bonds is 5. The standard InChI is InChI=1S/C23H19BrN6OS/c24-17-8-10-18(11-9-17)30-20(15-32-23-25-12-4-13-26-23)21(27-28-30)22(31)29-14-3-6-16-5-1-2-7-19(16)29/h1-2,4-5,7-13H,3,6,14-15H2. The van der Waals surface area contributed by atoms with Crippen LogP contribution in [0.2, 0.25) is 0 Å². The molecule has 0 unspecified atom stereocenters. The van der Waals surface area contributed by atoms with E-state index in [0.717, 1.165) is 34.4 Å². The van der Waals surface area contributed by atoms with Gasteiger partial charge < -0.3 is 4.90 Å². The molecule has 160 valence electrons. The molecular formula is C23H19BrN6OS. The van der Waals surface area contributed by atoms with Crippen molar-refractivity contribution in [1.29, 1.82) is 0 Å². The first-order chi connectivity index (χ1) is 15.7. The zero-order valence-corrected chi connectivity index (χ0v) is 19.5. The van der Waals surface area contributed by atoms with Gasteiger partial charge in [-0.25, -0.2) is 14.6 Å². The molecule has 0 N–H and O–H groups in total. The Kier molecular flexibility index (Phi) is 6.00. The molecule has 0 fully saturated rings. The lowest BCUT2D eigenvalue weighted by Gasteiger charge is -2.29. The van der Waals surface area contributed by atoms with Crippen molar-refractivity contribution in [1.82, 2.24) is 25.0 Å². The molecule has 0 saturated carbocycles. The Morgan fingerprint density at radius 3 is 2.62 bits per heavy atom. The molecule has 9 heteroatoms. The summed E-state index contributed by atoms with van der Waals surface area (Å²) in [6, 6.07) is 17.6. The summed E-state index contributed by atoms with van der Waals surface area (Å²) < 4.78 is 2.70. The van der Waals surface area contributed by atoms with Crippen LogP contribution in [0.15, 0.2) is 76.6 Å². The molecule has 0 atom stereocenters. The third-order valence-electron chi connectivity index (χ3n) is 5.27.